The lowest BCUT2D eigenvalue weighted by molar-refractivity contribution is -0.126. The molecule has 2 aromatic rings. The predicted octanol–water partition coefficient (Wildman–Crippen LogP) is 5.05. The molecule has 3 rings (SSSR count). The van der Waals surface area contributed by atoms with Gasteiger partial charge in [0.1, 0.15) is 5.75 Å². The van der Waals surface area contributed by atoms with Gasteiger partial charge in [-0.25, -0.2) is 0 Å². The fraction of sp³-hybridized carbons (Fsp3) is 0.423. The number of amides is 1. The van der Waals surface area contributed by atoms with Crippen molar-refractivity contribution in [2.75, 3.05) is 27.2 Å². The number of carbonyl (C=O) groups is 1. The number of nitrogens with zero attached hydrogens (tertiary/aromatic N) is 3. The highest BCUT2D eigenvalue weighted by atomic mass is 16.5. The van der Waals surface area contributed by atoms with Gasteiger partial charge in [-0.15, -0.1) is 0 Å². The van der Waals surface area contributed by atoms with Crippen molar-refractivity contribution in [2.24, 2.45) is 10.9 Å². The van der Waals surface area contributed by atoms with Crippen molar-refractivity contribution in [3.8, 4) is 16.9 Å². The molecule has 1 aromatic carbocycles. The van der Waals surface area contributed by atoms with Gasteiger partial charge in [0, 0.05) is 48.7 Å². The molecule has 0 N–H and O–H groups in total. The van der Waals surface area contributed by atoms with E-state index in [0.29, 0.717) is 12.5 Å². The van der Waals surface area contributed by atoms with Crippen molar-refractivity contribution < 1.29 is 9.53 Å². The van der Waals surface area contributed by atoms with Crippen molar-refractivity contribution >= 4 is 11.6 Å². The third-order valence-electron chi connectivity index (χ3n) is 5.82. The first-order valence-corrected chi connectivity index (χ1v) is 10.9. The van der Waals surface area contributed by atoms with Gasteiger partial charge >= 0.3 is 0 Å². The van der Waals surface area contributed by atoms with Gasteiger partial charge in [0.05, 0.1) is 7.11 Å². The van der Waals surface area contributed by atoms with Crippen LogP contribution in [-0.4, -0.2) is 48.7 Å². The molecule has 1 atom stereocenters. The Kier molecular flexibility index (Phi) is 7.26. The number of ether oxygens (including phenoxy) is 1. The van der Waals surface area contributed by atoms with Crippen LogP contribution in [0.3, 0.4) is 0 Å². The molecule has 1 unspecified atom stereocenters. The number of aliphatic imine (C=N–C) groups is 1. The number of hydrogen-bond acceptors (Lipinski definition) is 4. The number of allylic oxidation sites excluding steroid dienone is 1. The number of methoxy groups -OCH3 is 1. The predicted molar refractivity (Wildman–Crippen MR) is 127 cm³/mol. The van der Waals surface area contributed by atoms with Crippen LogP contribution < -0.4 is 4.74 Å². The van der Waals surface area contributed by atoms with Crippen LogP contribution in [0, 0.1) is 12.8 Å². The second kappa shape index (κ2) is 9.90. The number of pyridine rings is 1. The average molecular weight is 420 g/mol. The lowest BCUT2D eigenvalue weighted by Crippen LogP contribution is -2.29. The van der Waals surface area contributed by atoms with Crippen molar-refractivity contribution in [2.45, 2.75) is 40.0 Å². The van der Waals surface area contributed by atoms with Gasteiger partial charge in [0.25, 0.3) is 0 Å². The Morgan fingerprint density at radius 3 is 2.71 bits per heavy atom. The first-order chi connectivity index (χ1) is 14.8. The number of likely N-dealkylation sites (tertiary alicyclic amines) is 1. The normalized spacial score (nSPS) is 17.4. The summed E-state index contributed by atoms with van der Waals surface area (Å²) >= 11 is 0. The van der Waals surface area contributed by atoms with Crippen molar-refractivity contribution in [3.63, 3.8) is 0 Å². The van der Waals surface area contributed by atoms with Gasteiger partial charge in [-0.3, -0.25) is 14.8 Å². The monoisotopic (exact) mass is 419 g/mol. The molecule has 31 heavy (non-hydrogen) atoms. The van der Waals surface area contributed by atoms with E-state index in [0.717, 1.165) is 52.5 Å². The molecule has 1 saturated heterocycles. The molecule has 0 spiro atoms. The van der Waals surface area contributed by atoms with Crippen molar-refractivity contribution in [3.05, 3.63) is 59.4 Å². The first kappa shape index (κ1) is 22.7. The van der Waals surface area contributed by atoms with Gasteiger partial charge in [-0.05, 0) is 67.7 Å². The Labute approximate surface area is 185 Å². The highest BCUT2D eigenvalue weighted by Crippen LogP contribution is 2.31. The quantitative estimate of drug-likeness (QED) is 0.486. The van der Waals surface area contributed by atoms with Crippen LogP contribution >= 0.6 is 0 Å². The molecular weight excluding hydrogens is 386 g/mol. The van der Waals surface area contributed by atoms with E-state index in [1.54, 1.807) is 14.2 Å². The van der Waals surface area contributed by atoms with E-state index >= 15 is 0 Å². The molecule has 2 heterocycles. The Hall–Kier alpha value is -2.95. The standard InChI is InChI=1S/C26H33N3O2/c1-17(2)24(27-5)12-18(3)26(30)29-11-10-21(16-29)25-15-22(13-19(4)28-25)20-8-7-9-23(14-20)31-6/h7-9,12-15,17,21H,10-11,16H2,1-6H3/b18-12+,27-24?. The summed E-state index contributed by atoms with van der Waals surface area (Å²) in [5, 5.41) is 0. The summed E-state index contributed by atoms with van der Waals surface area (Å²) in [6, 6.07) is 12.3. The molecule has 164 valence electrons. The zero-order chi connectivity index (χ0) is 22.5. The summed E-state index contributed by atoms with van der Waals surface area (Å²) in [5.74, 6) is 1.46. The van der Waals surface area contributed by atoms with E-state index in [-0.39, 0.29) is 11.8 Å². The number of aromatic nitrogens is 1. The molecule has 0 bridgehead atoms. The summed E-state index contributed by atoms with van der Waals surface area (Å²) < 4.78 is 5.38. The van der Waals surface area contributed by atoms with Crippen LogP contribution in [0.1, 0.15) is 44.5 Å². The number of aryl methyl sites for hydroxylation is 1. The van der Waals surface area contributed by atoms with Gasteiger partial charge in [0.2, 0.25) is 5.91 Å². The molecule has 1 fully saturated rings. The van der Waals surface area contributed by atoms with Crippen LogP contribution in [0.5, 0.6) is 5.75 Å². The summed E-state index contributed by atoms with van der Waals surface area (Å²) in [4.78, 5) is 24.0. The lowest BCUT2D eigenvalue weighted by atomic mass is 9.98. The van der Waals surface area contributed by atoms with Crippen LogP contribution in [0.15, 0.2) is 53.0 Å². The molecule has 5 heteroatoms. The summed E-state index contributed by atoms with van der Waals surface area (Å²) in [6.07, 6.45) is 2.85. The molecular formula is C26H33N3O2. The topological polar surface area (TPSA) is 54.8 Å². The lowest BCUT2D eigenvalue weighted by Gasteiger charge is -2.18. The van der Waals surface area contributed by atoms with Crippen LogP contribution in [-0.2, 0) is 4.79 Å². The molecule has 0 aliphatic carbocycles. The Morgan fingerprint density at radius 2 is 2.03 bits per heavy atom. The zero-order valence-corrected chi connectivity index (χ0v) is 19.5. The fourth-order valence-electron chi connectivity index (χ4n) is 4.08. The van der Waals surface area contributed by atoms with Crippen LogP contribution in [0.2, 0.25) is 0 Å². The highest BCUT2D eigenvalue weighted by molar-refractivity contribution is 6.04. The van der Waals surface area contributed by atoms with Gasteiger partial charge in [0.15, 0.2) is 0 Å². The van der Waals surface area contributed by atoms with Crippen LogP contribution in [0.25, 0.3) is 11.1 Å². The van der Waals surface area contributed by atoms with Crippen LogP contribution in [0.4, 0.5) is 0 Å². The summed E-state index contributed by atoms with van der Waals surface area (Å²) in [5.41, 5.74) is 5.96. The smallest absolute Gasteiger partial charge is 0.249 e. The third-order valence-corrected chi connectivity index (χ3v) is 5.82. The fourth-order valence-corrected chi connectivity index (χ4v) is 4.08. The zero-order valence-electron chi connectivity index (χ0n) is 19.5. The van der Waals surface area contributed by atoms with E-state index in [4.69, 9.17) is 9.72 Å². The van der Waals surface area contributed by atoms with E-state index in [2.05, 4.69) is 37.0 Å². The molecule has 1 aliphatic heterocycles. The second-order valence-electron chi connectivity index (χ2n) is 8.52. The minimum atomic E-state index is 0.0879. The summed E-state index contributed by atoms with van der Waals surface area (Å²) in [7, 11) is 3.46. The minimum absolute atomic E-state index is 0.0879. The Balaban J connectivity index is 1.79. The second-order valence-corrected chi connectivity index (χ2v) is 8.52. The molecule has 1 aliphatic rings. The van der Waals surface area contributed by atoms with Crippen molar-refractivity contribution in [1.29, 1.82) is 0 Å². The van der Waals surface area contributed by atoms with Gasteiger partial charge in [-0.1, -0.05) is 26.0 Å². The van der Waals surface area contributed by atoms with Gasteiger partial charge < -0.3 is 9.64 Å². The summed E-state index contributed by atoms with van der Waals surface area (Å²) in [6.45, 7) is 9.53. The molecule has 0 saturated carbocycles. The number of rotatable bonds is 6. The largest absolute Gasteiger partial charge is 0.497 e. The van der Waals surface area contributed by atoms with E-state index < -0.39 is 0 Å². The Bertz CT molecular complexity index is 1010. The molecule has 1 aromatic heterocycles. The number of benzene rings is 1. The molecule has 1 amide bonds. The first-order valence-electron chi connectivity index (χ1n) is 10.9. The molecule has 0 radical (unpaired) electrons. The average Bonchev–Trinajstić information content (AvgIpc) is 3.26. The number of carbonyl (C=O) groups excluding carboxylic acids is 1. The van der Waals surface area contributed by atoms with E-state index in [9.17, 15) is 4.79 Å². The maximum Gasteiger partial charge on any atom is 0.249 e. The SMILES string of the molecule is CN=C(/C=C(\C)C(=O)N1CCC(c2cc(-c3cccc(OC)c3)cc(C)n2)C1)C(C)C. The minimum Gasteiger partial charge on any atom is -0.497 e. The number of hydrogen-bond donors (Lipinski definition) is 0. The molecule has 5 nitrogen and oxygen atoms in total. The Morgan fingerprint density at radius 1 is 1.26 bits per heavy atom. The van der Waals surface area contributed by atoms with Gasteiger partial charge in [-0.2, -0.15) is 0 Å². The van der Waals surface area contributed by atoms with Crippen molar-refractivity contribution in [1.82, 2.24) is 9.88 Å². The maximum atomic E-state index is 13.0. The third kappa shape index (κ3) is 5.40. The maximum absolute atomic E-state index is 13.0. The highest BCUT2D eigenvalue weighted by Gasteiger charge is 2.29. The van der Waals surface area contributed by atoms with E-state index in [1.165, 1.54) is 0 Å². The van der Waals surface area contributed by atoms with E-state index in [1.807, 2.05) is 43.0 Å².